The van der Waals surface area contributed by atoms with Gasteiger partial charge >= 0.3 is 0 Å². The summed E-state index contributed by atoms with van der Waals surface area (Å²) in [6.45, 7) is 2.46. The molecule has 3 amide bonds. The quantitative estimate of drug-likeness (QED) is 0.673. The summed E-state index contributed by atoms with van der Waals surface area (Å²) in [6.07, 6.45) is 3.98. The molecule has 2 fully saturated rings. The van der Waals surface area contributed by atoms with Crippen molar-refractivity contribution < 1.29 is 18.8 Å². The van der Waals surface area contributed by atoms with Gasteiger partial charge in [0, 0.05) is 37.3 Å². The summed E-state index contributed by atoms with van der Waals surface area (Å²) in [7, 11) is 0. The first-order chi connectivity index (χ1) is 17.0. The Hall–Kier alpha value is -3.20. The molecule has 3 heterocycles. The number of amides is 3. The van der Waals surface area contributed by atoms with Gasteiger partial charge in [-0.25, -0.2) is 4.39 Å². The van der Waals surface area contributed by atoms with E-state index in [0.717, 1.165) is 49.5 Å². The predicted molar refractivity (Wildman–Crippen MR) is 134 cm³/mol. The average molecular weight is 495 g/mol. The zero-order valence-corrected chi connectivity index (χ0v) is 20.1. The van der Waals surface area contributed by atoms with Crippen molar-refractivity contribution in [3.63, 3.8) is 0 Å². The van der Waals surface area contributed by atoms with Gasteiger partial charge in [-0.15, -0.1) is 0 Å². The highest BCUT2D eigenvalue weighted by atomic mass is 32.2. The molecule has 3 aliphatic rings. The topological polar surface area (TPSA) is 82.1 Å². The molecule has 0 aromatic heterocycles. The lowest BCUT2D eigenvalue weighted by Crippen LogP contribution is -2.30. The van der Waals surface area contributed by atoms with Crippen molar-refractivity contribution in [1.82, 2.24) is 9.80 Å². The van der Waals surface area contributed by atoms with Crippen LogP contribution < -0.4 is 5.32 Å². The van der Waals surface area contributed by atoms with E-state index in [0.29, 0.717) is 17.8 Å². The lowest BCUT2D eigenvalue weighted by Gasteiger charge is -2.25. The van der Waals surface area contributed by atoms with E-state index in [4.69, 9.17) is 0 Å². The molecule has 0 bridgehead atoms. The van der Waals surface area contributed by atoms with Crippen LogP contribution in [0.25, 0.3) is 0 Å². The van der Waals surface area contributed by atoms with Gasteiger partial charge in [0.05, 0.1) is 6.04 Å². The Morgan fingerprint density at radius 2 is 1.71 bits per heavy atom. The molecule has 9 heteroatoms. The van der Waals surface area contributed by atoms with E-state index in [1.807, 2.05) is 4.90 Å². The molecule has 0 radical (unpaired) electrons. The largest absolute Gasteiger partial charge is 0.351 e. The van der Waals surface area contributed by atoms with Crippen LogP contribution >= 0.6 is 11.8 Å². The average Bonchev–Trinajstić information content (AvgIpc) is 3.61. The smallest absolute Gasteiger partial charge is 0.262 e. The molecule has 0 spiro atoms. The molecule has 0 saturated carbocycles. The molecule has 2 aromatic carbocycles. The SMILES string of the molecule is O=C(C[C@@H]1SC(N2CCCC2)=NC1=O)Nc1ccc(C(=O)N2CCC[C@@H]2c2ccc(F)cc2)cc1. The molecule has 2 saturated heterocycles. The van der Waals surface area contributed by atoms with Crippen molar-refractivity contribution in [2.24, 2.45) is 4.99 Å². The van der Waals surface area contributed by atoms with E-state index >= 15 is 0 Å². The highest BCUT2D eigenvalue weighted by Gasteiger charge is 2.34. The lowest BCUT2D eigenvalue weighted by atomic mass is 10.0. The standard InChI is InChI=1S/C26H27FN4O3S/c27-19-9-5-17(6-10-19)21-4-3-15-31(21)25(34)18-7-11-20(12-8-18)28-23(32)16-22-24(33)29-26(35-22)30-13-1-2-14-30/h5-12,21-22H,1-4,13-16H2,(H,28,32)/t21-,22+/m1/s1. The summed E-state index contributed by atoms with van der Waals surface area (Å²) < 4.78 is 13.3. The minimum absolute atomic E-state index is 0.0537. The van der Waals surface area contributed by atoms with Gasteiger partial charge in [-0.2, -0.15) is 4.99 Å². The second-order valence-corrected chi connectivity index (χ2v) is 10.2. The number of nitrogens with zero attached hydrogens (tertiary/aromatic N) is 3. The van der Waals surface area contributed by atoms with E-state index in [2.05, 4.69) is 15.2 Å². The normalized spacial score (nSPS) is 22.0. The Balaban J connectivity index is 1.17. The number of carbonyl (C=O) groups is 3. The number of halogens is 1. The van der Waals surface area contributed by atoms with Gasteiger partial charge in [-0.05, 0) is 67.6 Å². The Morgan fingerprint density at radius 1 is 1.00 bits per heavy atom. The summed E-state index contributed by atoms with van der Waals surface area (Å²) in [4.78, 5) is 46.0. The van der Waals surface area contributed by atoms with Crippen LogP contribution in [-0.4, -0.2) is 57.6 Å². The number of nitrogens with one attached hydrogen (secondary N) is 1. The first-order valence-corrected chi connectivity index (χ1v) is 12.9. The summed E-state index contributed by atoms with van der Waals surface area (Å²) >= 11 is 1.37. The number of amidine groups is 1. The summed E-state index contributed by atoms with van der Waals surface area (Å²) in [5.41, 5.74) is 2.03. The summed E-state index contributed by atoms with van der Waals surface area (Å²) in [5.74, 6) is -0.898. The van der Waals surface area contributed by atoms with Crippen molar-refractivity contribution in [2.45, 2.75) is 43.4 Å². The van der Waals surface area contributed by atoms with Crippen molar-refractivity contribution >= 4 is 40.3 Å². The minimum Gasteiger partial charge on any atom is -0.351 e. The maximum absolute atomic E-state index is 13.3. The summed E-state index contributed by atoms with van der Waals surface area (Å²) in [5, 5.41) is 3.06. The fourth-order valence-electron chi connectivity index (χ4n) is 4.84. The van der Waals surface area contributed by atoms with E-state index in [1.165, 1.54) is 23.9 Å². The highest BCUT2D eigenvalue weighted by Crippen LogP contribution is 2.33. The first kappa shape index (κ1) is 23.5. The molecule has 2 atom stereocenters. The number of hydrogen-bond donors (Lipinski definition) is 1. The number of carbonyl (C=O) groups excluding carboxylic acids is 3. The van der Waals surface area contributed by atoms with Gasteiger partial charge in [-0.3, -0.25) is 14.4 Å². The molecular weight excluding hydrogens is 467 g/mol. The molecule has 1 N–H and O–H groups in total. The third-order valence-electron chi connectivity index (χ3n) is 6.66. The molecule has 5 rings (SSSR count). The molecule has 3 aliphatic heterocycles. The van der Waals surface area contributed by atoms with Crippen LogP contribution in [0.15, 0.2) is 53.5 Å². The van der Waals surface area contributed by atoms with Crippen LogP contribution in [0.2, 0.25) is 0 Å². The zero-order valence-electron chi connectivity index (χ0n) is 19.3. The third-order valence-corrected chi connectivity index (χ3v) is 7.87. The van der Waals surface area contributed by atoms with Crippen LogP contribution in [-0.2, 0) is 9.59 Å². The number of aliphatic imine (C=N–C) groups is 1. The van der Waals surface area contributed by atoms with Gasteiger partial charge in [-0.1, -0.05) is 23.9 Å². The van der Waals surface area contributed by atoms with Crippen molar-refractivity contribution in [1.29, 1.82) is 0 Å². The molecule has 35 heavy (non-hydrogen) atoms. The number of likely N-dealkylation sites (tertiary alicyclic amines) is 2. The van der Waals surface area contributed by atoms with Gasteiger partial charge in [0.25, 0.3) is 11.8 Å². The Kier molecular flexibility index (Phi) is 6.86. The Bertz CT molecular complexity index is 1150. The van der Waals surface area contributed by atoms with Gasteiger partial charge in [0.15, 0.2) is 5.17 Å². The van der Waals surface area contributed by atoms with Crippen LogP contribution in [0.1, 0.15) is 54.1 Å². The van der Waals surface area contributed by atoms with Crippen LogP contribution in [0.5, 0.6) is 0 Å². The maximum atomic E-state index is 13.3. The zero-order chi connectivity index (χ0) is 24.4. The predicted octanol–water partition coefficient (Wildman–Crippen LogP) is 4.23. The highest BCUT2D eigenvalue weighted by molar-refractivity contribution is 8.15. The molecular formula is C26H27FN4O3S. The number of thioether (sulfide) groups is 1. The van der Waals surface area contributed by atoms with Crippen molar-refractivity contribution in [2.75, 3.05) is 25.0 Å². The number of anilines is 1. The number of rotatable bonds is 5. The second-order valence-electron chi connectivity index (χ2n) is 9.07. The Labute approximate surface area is 207 Å². The van der Waals surface area contributed by atoms with Gasteiger partial charge < -0.3 is 15.1 Å². The number of benzene rings is 2. The first-order valence-electron chi connectivity index (χ1n) is 12.0. The van der Waals surface area contributed by atoms with E-state index in [1.54, 1.807) is 36.4 Å². The lowest BCUT2D eigenvalue weighted by molar-refractivity contribution is -0.121. The van der Waals surface area contributed by atoms with E-state index < -0.39 is 5.25 Å². The van der Waals surface area contributed by atoms with Crippen LogP contribution in [0.3, 0.4) is 0 Å². The van der Waals surface area contributed by atoms with Gasteiger partial charge in [0.1, 0.15) is 11.1 Å². The van der Waals surface area contributed by atoms with Gasteiger partial charge in [0.2, 0.25) is 5.91 Å². The monoisotopic (exact) mass is 494 g/mol. The fourth-order valence-corrected chi connectivity index (χ4v) is 5.95. The van der Waals surface area contributed by atoms with E-state index in [9.17, 15) is 18.8 Å². The molecule has 0 aliphatic carbocycles. The molecule has 0 unspecified atom stereocenters. The fraction of sp³-hybridized carbons (Fsp3) is 0.385. The van der Waals surface area contributed by atoms with Crippen molar-refractivity contribution in [3.8, 4) is 0 Å². The number of hydrogen-bond acceptors (Lipinski definition) is 5. The van der Waals surface area contributed by atoms with Crippen molar-refractivity contribution in [3.05, 3.63) is 65.5 Å². The van der Waals surface area contributed by atoms with E-state index in [-0.39, 0.29) is 36.0 Å². The molecule has 7 nitrogen and oxygen atoms in total. The van der Waals surface area contributed by atoms with Crippen LogP contribution in [0, 0.1) is 5.82 Å². The minimum atomic E-state index is -0.495. The third kappa shape index (κ3) is 5.24. The molecule has 2 aromatic rings. The second kappa shape index (κ2) is 10.2. The summed E-state index contributed by atoms with van der Waals surface area (Å²) in [6, 6.07) is 13.0. The maximum Gasteiger partial charge on any atom is 0.262 e. The Morgan fingerprint density at radius 3 is 2.43 bits per heavy atom. The van der Waals surface area contributed by atoms with Crippen LogP contribution in [0.4, 0.5) is 10.1 Å². The molecule has 182 valence electrons.